The lowest BCUT2D eigenvalue weighted by Crippen LogP contribution is -2.21. The number of nitrogens with one attached hydrogen (secondary N) is 1. The average Bonchev–Trinajstić information content (AvgIpc) is 3.11. The minimum atomic E-state index is -0.0974. The van der Waals surface area contributed by atoms with Crippen LogP contribution in [-0.4, -0.2) is 40.1 Å². The number of aryl methyl sites for hydroxylation is 2. The molecule has 3 heterocycles. The topological polar surface area (TPSA) is 71.1 Å². The molecule has 0 aliphatic carbocycles. The lowest BCUT2D eigenvalue weighted by Gasteiger charge is -2.19. The average molecular weight is 390 g/mol. The van der Waals surface area contributed by atoms with Crippen LogP contribution in [0.1, 0.15) is 40.3 Å². The number of benzene rings is 1. The van der Waals surface area contributed by atoms with Crippen LogP contribution in [0.15, 0.2) is 53.3 Å². The van der Waals surface area contributed by atoms with Gasteiger partial charge in [0.1, 0.15) is 11.6 Å². The maximum Gasteiger partial charge on any atom is 0.251 e. The van der Waals surface area contributed by atoms with Crippen molar-refractivity contribution in [3.05, 3.63) is 87.4 Å². The Morgan fingerprint density at radius 2 is 1.83 bits per heavy atom. The number of rotatable bonds is 5. The van der Waals surface area contributed by atoms with E-state index in [2.05, 4.69) is 38.1 Å². The number of likely N-dealkylation sites (tertiary alicyclic amines) is 1. The monoisotopic (exact) mass is 390 g/mol. The SMILES string of the molecule is COc1ccc([C@@H]2CN(Cc3cccc(C)n3)C[C@H]2c2cc(=O)[nH]c(C)n2)cc1. The highest BCUT2D eigenvalue weighted by Crippen LogP contribution is 2.39. The Balaban J connectivity index is 1.65. The largest absolute Gasteiger partial charge is 0.497 e. The maximum atomic E-state index is 12.1. The zero-order chi connectivity index (χ0) is 20.4. The van der Waals surface area contributed by atoms with Crippen molar-refractivity contribution < 1.29 is 4.74 Å². The van der Waals surface area contributed by atoms with Crippen LogP contribution < -0.4 is 10.3 Å². The van der Waals surface area contributed by atoms with Crippen LogP contribution in [0, 0.1) is 13.8 Å². The van der Waals surface area contributed by atoms with Gasteiger partial charge in [0.05, 0.1) is 18.5 Å². The standard InChI is InChI=1S/C23H26N4O2/c1-15-5-4-6-18(24-15)12-27-13-20(17-7-9-19(29-3)10-8-17)21(14-27)22-11-23(28)26-16(2)25-22/h4-11,20-21H,12-14H2,1-3H3,(H,25,26,28)/t20-,21+/m0/s1. The highest BCUT2D eigenvalue weighted by molar-refractivity contribution is 5.33. The van der Waals surface area contributed by atoms with Gasteiger partial charge in [-0.1, -0.05) is 18.2 Å². The molecule has 0 bridgehead atoms. The zero-order valence-corrected chi connectivity index (χ0v) is 17.1. The summed E-state index contributed by atoms with van der Waals surface area (Å²) >= 11 is 0. The van der Waals surface area contributed by atoms with Gasteiger partial charge in [0.15, 0.2) is 0 Å². The molecular weight excluding hydrogens is 364 g/mol. The minimum Gasteiger partial charge on any atom is -0.497 e. The molecule has 1 saturated heterocycles. The number of pyridine rings is 1. The molecule has 0 saturated carbocycles. The smallest absolute Gasteiger partial charge is 0.251 e. The van der Waals surface area contributed by atoms with E-state index in [9.17, 15) is 4.79 Å². The van der Waals surface area contributed by atoms with E-state index in [0.717, 1.165) is 42.5 Å². The molecule has 2 aromatic heterocycles. The first kappa shape index (κ1) is 19.3. The van der Waals surface area contributed by atoms with E-state index < -0.39 is 0 Å². The van der Waals surface area contributed by atoms with Crippen LogP contribution in [-0.2, 0) is 6.54 Å². The van der Waals surface area contributed by atoms with E-state index in [1.165, 1.54) is 5.56 Å². The molecule has 1 fully saturated rings. The molecule has 6 heteroatoms. The van der Waals surface area contributed by atoms with Gasteiger partial charge in [-0.25, -0.2) is 4.98 Å². The van der Waals surface area contributed by atoms with Crippen LogP contribution in [0.3, 0.4) is 0 Å². The summed E-state index contributed by atoms with van der Waals surface area (Å²) in [6, 6.07) is 16.0. The molecule has 1 aromatic carbocycles. The molecule has 1 N–H and O–H groups in total. The third kappa shape index (κ3) is 4.38. The number of methoxy groups -OCH3 is 1. The first-order valence-corrected chi connectivity index (χ1v) is 9.88. The molecule has 1 aliphatic rings. The highest BCUT2D eigenvalue weighted by atomic mass is 16.5. The van der Waals surface area contributed by atoms with Crippen molar-refractivity contribution in [3.63, 3.8) is 0 Å². The predicted octanol–water partition coefficient (Wildman–Crippen LogP) is 3.17. The Bertz CT molecular complexity index is 1050. The minimum absolute atomic E-state index is 0.0974. The Morgan fingerprint density at radius 1 is 1.07 bits per heavy atom. The molecule has 0 spiro atoms. The van der Waals surface area contributed by atoms with Crippen molar-refractivity contribution in [2.45, 2.75) is 32.2 Å². The van der Waals surface area contributed by atoms with Crippen LogP contribution in [0.2, 0.25) is 0 Å². The van der Waals surface area contributed by atoms with E-state index in [4.69, 9.17) is 4.74 Å². The Morgan fingerprint density at radius 3 is 2.52 bits per heavy atom. The van der Waals surface area contributed by atoms with Gasteiger partial charge in [0.2, 0.25) is 0 Å². The zero-order valence-electron chi connectivity index (χ0n) is 17.1. The summed E-state index contributed by atoms with van der Waals surface area (Å²) in [4.78, 5) is 26.5. The van der Waals surface area contributed by atoms with E-state index in [1.54, 1.807) is 13.2 Å². The fourth-order valence-corrected chi connectivity index (χ4v) is 4.21. The van der Waals surface area contributed by atoms with Gasteiger partial charge in [-0.15, -0.1) is 0 Å². The number of ether oxygens (including phenoxy) is 1. The predicted molar refractivity (Wildman–Crippen MR) is 112 cm³/mol. The lowest BCUT2D eigenvalue weighted by molar-refractivity contribution is 0.319. The number of aromatic amines is 1. The molecular formula is C23H26N4O2. The van der Waals surface area contributed by atoms with Gasteiger partial charge in [-0.05, 0) is 43.7 Å². The summed E-state index contributed by atoms with van der Waals surface area (Å²) < 4.78 is 5.31. The molecule has 2 atom stereocenters. The summed E-state index contributed by atoms with van der Waals surface area (Å²) in [5, 5.41) is 0. The third-order valence-electron chi connectivity index (χ3n) is 5.53. The lowest BCUT2D eigenvalue weighted by atomic mass is 9.86. The fourth-order valence-electron chi connectivity index (χ4n) is 4.21. The second kappa shape index (κ2) is 8.17. The van der Waals surface area contributed by atoms with Crippen LogP contribution in [0.4, 0.5) is 0 Å². The summed E-state index contributed by atoms with van der Waals surface area (Å²) in [5.41, 5.74) is 4.08. The molecule has 3 aromatic rings. The van der Waals surface area contributed by atoms with E-state index in [-0.39, 0.29) is 17.4 Å². The number of H-pyrrole nitrogens is 1. The number of aromatic nitrogens is 3. The van der Waals surface area contributed by atoms with E-state index in [0.29, 0.717) is 5.82 Å². The molecule has 0 unspecified atom stereocenters. The molecule has 29 heavy (non-hydrogen) atoms. The first-order chi connectivity index (χ1) is 14.0. The Labute approximate surface area is 170 Å². The van der Waals surface area contributed by atoms with Gasteiger partial charge in [-0.3, -0.25) is 14.7 Å². The van der Waals surface area contributed by atoms with Gasteiger partial charge in [0, 0.05) is 43.2 Å². The maximum absolute atomic E-state index is 12.1. The second-order valence-corrected chi connectivity index (χ2v) is 7.71. The van der Waals surface area contributed by atoms with Crippen molar-refractivity contribution in [1.29, 1.82) is 0 Å². The van der Waals surface area contributed by atoms with E-state index >= 15 is 0 Å². The third-order valence-corrected chi connectivity index (χ3v) is 5.53. The van der Waals surface area contributed by atoms with Crippen molar-refractivity contribution in [1.82, 2.24) is 19.9 Å². The Kier molecular flexibility index (Phi) is 5.45. The highest BCUT2D eigenvalue weighted by Gasteiger charge is 2.36. The molecule has 6 nitrogen and oxygen atoms in total. The number of hydrogen-bond donors (Lipinski definition) is 1. The molecule has 4 rings (SSSR count). The number of hydrogen-bond acceptors (Lipinski definition) is 5. The first-order valence-electron chi connectivity index (χ1n) is 9.88. The van der Waals surface area contributed by atoms with Crippen LogP contribution >= 0.6 is 0 Å². The molecule has 0 radical (unpaired) electrons. The van der Waals surface area contributed by atoms with E-state index in [1.807, 2.05) is 38.1 Å². The van der Waals surface area contributed by atoms with Gasteiger partial charge < -0.3 is 9.72 Å². The summed E-state index contributed by atoms with van der Waals surface area (Å²) in [6.07, 6.45) is 0. The van der Waals surface area contributed by atoms with Gasteiger partial charge in [0.25, 0.3) is 5.56 Å². The van der Waals surface area contributed by atoms with Crippen molar-refractivity contribution in [3.8, 4) is 5.75 Å². The quantitative estimate of drug-likeness (QED) is 0.725. The van der Waals surface area contributed by atoms with Crippen LogP contribution in [0.25, 0.3) is 0 Å². The molecule has 1 aliphatic heterocycles. The molecule has 150 valence electrons. The van der Waals surface area contributed by atoms with Crippen LogP contribution in [0.5, 0.6) is 5.75 Å². The van der Waals surface area contributed by atoms with Crippen molar-refractivity contribution >= 4 is 0 Å². The number of nitrogens with zero attached hydrogens (tertiary/aromatic N) is 3. The second-order valence-electron chi connectivity index (χ2n) is 7.71. The van der Waals surface area contributed by atoms with Crippen molar-refractivity contribution in [2.24, 2.45) is 0 Å². The summed E-state index contributed by atoms with van der Waals surface area (Å²) in [6.45, 7) is 6.35. The normalized spacial score (nSPS) is 19.4. The summed E-state index contributed by atoms with van der Waals surface area (Å²) in [5.74, 6) is 1.89. The fraction of sp³-hybridized carbons (Fsp3) is 0.348. The van der Waals surface area contributed by atoms with Gasteiger partial charge in [-0.2, -0.15) is 0 Å². The van der Waals surface area contributed by atoms with Crippen molar-refractivity contribution in [2.75, 3.05) is 20.2 Å². The Hall–Kier alpha value is -2.99. The molecule has 0 amide bonds. The van der Waals surface area contributed by atoms with Gasteiger partial charge >= 0.3 is 0 Å². The summed E-state index contributed by atoms with van der Waals surface area (Å²) in [7, 11) is 1.67.